The number of hydrogen-bond acceptors (Lipinski definition) is 2. The summed E-state index contributed by atoms with van der Waals surface area (Å²) in [7, 11) is 0. The zero-order valence-corrected chi connectivity index (χ0v) is 13.7. The normalized spacial score (nSPS) is 21.9. The smallest absolute Gasteiger partial charge is 0.0692 e. The van der Waals surface area contributed by atoms with Crippen LogP contribution in [0.3, 0.4) is 0 Å². The van der Waals surface area contributed by atoms with Crippen molar-refractivity contribution in [2.75, 3.05) is 6.61 Å². The van der Waals surface area contributed by atoms with Crippen molar-refractivity contribution >= 4 is 23.2 Å². The monoisotopic (exact) mass is 315 g/mol. The van der Waals surface area contributed by atoms with Gasteiger partial charge in [-0.2, -0.15) is 0 Å². The Morgan fingerprint density at radius 3 is 2.50 bits per heavy atom. The number of halogens is 2. The van der Waals surface area contributed by atoms with Crippen molar-refractivity contribution < 1.29 is 4.74 Å². The number of hydrogen-bond donors (Lipinski definition) is 1. The zero-order chi connectivity index (χ0) is 14.6. The van der Waals surface area contributed by atoms with E-state index in [0.29, 0.717) is 12.6 Å². The highest BCUT2D eigenvalue weighted by molar-refractivity contribution is 6.35. The summed E-state index contributed by atoms with van der Waals surface area (Å²) in [6.07, 6.45) is 4.23. The molecule has 0 spiro atoms. The average Bonchev–Trinajstić information content (AvgIpc) is 2.47. The second-order valence-electron chi connectivity index (χ2n) is 5.51. The molecule has 4 heteroatoms. The van der Waals surface area contributed by atoms with Crippen molar-refractivity contribution in [1.82, 2.24) is 5.32 Å². The Labute approximate surface area is 131 Å². The zero-order valence-electron chi connectivity index (χ0n) is 12.2. The topological polar surface area (TPSA) is 21.3 Å². The van der Waals surface area contributed by atoms with Gasteiger partial charge in [0.1, 0.15) is 0 Å². The highest BCUT2D eigenvalue weighted by Gasteiger charge is 2.34. The van der Waals surface area contributed by atoms with Gasteiger partial charge in [-0.05, 0) is 37.8 Å². The summed E-state index contributed by atoms with van der Waals surface area (Å²) in [6, 6.07) is 6.12. The third-order valence-electron chi connectivity index (χ3n) is 4.41. The fraction of sp³-hybridized carbons (Fsp3) is 0.625. The van der Waals surface area contributed by atoms with E-state index >= 15 is 0 Å². The van der Waals surface area contributed by atoms with Crippen molar-refractivity contribution in [2.45, 2.75) is 57.7 Å². The fourth-order valence-electron chi connectivity index (χ4n) is 2.89. The molecule has 1 fully saturated rings. The largest absolute Gasteiger partial charge is 0.375 e. The quantitative estimate of drug-likeness (QED) is 0.841. The molecule has 1 heterocycles. The summed E-state index contributed by atoms with van der Waals surface area (Å²) in [6.45, 7) is 5.95. The van der Waals surface area contributed by atoms with E-state index in [1.807, 2.05) is 18.2 Å². The maximum Gasteiger partial charge on any atom is 0.0692 e. The highest BCUT2D eigenvalue weighted by Crippen LogP contribution is 2.32. The second kappa shape index (κ2) is 7.13. The van der Waals surface area contributed by atoms with Crippen LogP contribution in [0.15, 0.2) is 18.2 Å². The molecule has 112 valence electrons. The van der Waals surface area contributed by atoms with Crippen LogP contribution in [0, 0.1) is 0 Å². The second-order valence-corrected chi connectivity index (χ2v) is 6.32. The van der Waals surface area contributed by atoms with Crippen LogP contribution in [0.5, 0.6) is 0 Å². The molecule has 0 aromatic heterocycles. The number of benzene rings is 1. The summed E-state index contributed by atoms with van der Waals surface area (Å²) in [4.78, 5) is 0. The van der Waals surface area contributed by atoms with E-state index in [9.17, 15) is 0 Å². The lowest BCUT2D eigenvalue weighted by atomic mass is 9.86. The Morgan fingerprint density at radius 2 is 1.90 bits per heavy atom. The van der Waals surface area contributed by atoms with E-state index in [1.54, 1.807) is 0 Å². The van der Waals surface area contributed by atoms with Gasteiger partial charge in [-0.15, -0.1) is 0 Å². The molecule has 0 radical (unpaired) electrons. The van der Waals surface area contributed by atoms with Crippen LogP contribution in [-0.2, 0) is 11.3 Å². The summed E-state index contributed by atoms with van der Waals surface area (Å²) < 4.78 is 6.00. The number of ether oxygens (including phenoxy) is 1. The van der Waals surface area contributed by atoms with Crippen molar-refractivity contribution in [3.63, 3.8) is 0 Å². The predicted molar refractivity (Wildman–Crippen MR) is 85.6 cm³/mol. The molecule has 1 saturated heterocycles. The Kier molecular flexibility index (Phi) is 5.74. The van der Waals surface area contributed by atoms with Gasteiger partial charge in [0.2, 0.25) is 0 Å². The Bertz CT molecular complexity index is 426. The Hall–Kier alpha value is -0.280. The summed E-state index contributed by atoms with van der Waals surface area (Å²) in [5.41, 5.74) is 1.03. The van der Waals surface area contributed by atoms with Crippen LogP contribution < -0.4 is 5.32 Å². The summed E-state index contributed by atoms with van der Waals surface area (Å²) >= 11 is 12.4. The summed E-state index contributed by atoms with van der Waals surface area (Å²) in [5, 5.41) is 5.06. The van der Waals surface area contributed by atoms with Crippen LogP contribution in [0.4, 0.5) is 0 Å². The molecule has 0 bridgehead atoms. The van der Waals surface area contributed by atoms with Crippen molar-refractivity contribution in [3.05, 3.63) is 33.8 Å². The molecule has 1 atom stereocenters. The molecule has 1 N–H and O–H groups in total. The molecule has 1 aliphatic rings. The van der Waals surface area contributed by atoms with E-state index in [0.717, 1.165) is 47.9 Å². The van der Waals surface area contributed by atoms with E-state index < -0.39 is 0 Å². The Balaban J connectivity index is 1.97. The minimum Gasteiger partial charge on any atom is -0.375 e. The van der Waals surface area contributed by atoms with Crippen molar-refractivity contribution in [3.8, 4) is 0 Å². The minimum absolute atomic E-state index is 0.0419. The minimum atomic E-state index is 0.0419. The standard InChI is InChI=1S/C16H23Cl2NO/c1-3-16(4-2)10-12(8-9-20-16)19-11-13-14(17)6-5-7-15(13)18/h5-7,12,19H,3-4,8-11H2,1-2H3. The SMILES string of the molecule is CCC1(CC)CC(NCc2c(Cl)cccc2Cl)CCO1. The molecule has 20 heavy (non-hydrogen) atoms. The molecular weight excluding hydrogens is 293 g/mol. The summed E-state index contributed by atoms with van der Waals surface area (Å²) in [5.74, 6) is 0. The van der Waals surface area contributed by atoms with Crippen LogP contribution in [0.25, 0.3) is 0 Å². The van der Waals surface area contributed by atoms with Crippen molar-refractivity contribution in [2.24, 2.45) is 0 Å². The van der Waals surface area contributed by atoms with Gasteiger partial charge in [0.15, 0.2) is 0 Å². The van der Waals surface area contributed by atoms with Crippen molar-refractivity contribution in [1.29, 1.82) is 0 Å². The van der Waals surface area contributed by atoms with Gasteiger partial charge in [0, 0.05) is 34.8 Å². The fourth-order valence-corrected chi connectivity index (χ4v) is 3.42. The maximum absolute atomic E-state index is 6.21. The van der Waals surface area contributed by atoms with Crippen LogP contribution in [0.2, 0.25) is 10.0 Å². The van der Waals surface area contributed by atoms with Crippen LogP contribution >= 0.6 is 23.2 Å². The first kappa shape index (κ1) is 16.1. The van der Waals surface area contributed by atoms with Crippen LogP contribution in [0.1, 0.15) is 45.1 Å². The van der Waals surface area contributed by atoms with Gasteiger partial charge >= 0.3 is 0 Å². The van der Waals surface area contributed by atoms with Gasteiger partial charge in [-0.3, -0.25) is 0 Å². The predicted octanol–water partition coefficient (Wildman–Crippen LogP) is 4.82. The van der Waals surface area contributed by atoms with Gasteiger partial charge in [-0.25, -0.2) is 0 Å². The first-order chi connectivity index (χ1) is 9.60. The van der Waals surface area contributed by atoms with Gasteiger partial charge in [0.05, 0.1) is 5.60 Å². The van der Waals surface area contributed by atoms with E-state index in [4.69, 9.17) is 27.9 Å². The third kappa shape index (κ3) is 3.67. The van der Waals surface area contributed by atoms with E-state index in [-0.39, 0.29) is 5.60 Å². The first-order valence-corrected chi connectivity index (χ1v) is 8.16. The lowest BCUT2D eigenvalue weighted by molar-refractivity contribution is -0.0932. The molecule has 1 aromatic carbocycles. The number of rotatable bonds is 5. The average molecular weight is 316 g/mol. The third-order valence-corrected chi connectivity index (χ3v) is 5.12. The molecule has 1 unspecified atom stereocenters. The lowest BCUT2D eigenvalue weighted by Crippen LogP contribution is -2.46. The molecular formula is C16H23Cl2NO. The molecule has 0 amide bonds. The molecule has 2 nitrogen and oxygen atoms in total. The Morgan fingerprint density at radius 1 is 1.25 bits per heavy atom. The van der Waals surface area contributed by atoms with Crippen LogP contribution in [-0.4, -0.2) is 18.2 Å². The van der Waals surface area contributed by atoms with E-state index in [2.05, 4.69) is 19.2 Å². The van der Waals surface area contributed by atoms with Gasteiger partial charge < -0.3 is 10.1 Å². The first-order valence-electron chi connectivity index (χ1n) is 7.40. The lowest BCUT2D eigenvalue weighted by Gasteiger charge is -2.40. The van der Waals surface area contributed by atoms with E-state index in [1.165, 1.54) is 0 Å². The molecule has 1 aliphatic heterocycles. The highest BCUT2D eigenvalue weighted by atomic mass is 35.5. The molecule has 0 aliphatic carbocycles. The molecule has 1 aromatic rings. The van der Waals surface area contributed by atoms with Gasteiger partial charge in [0.25, 0.3) is 0 Å². The van der Waals surface area contributed by atoms with Gasteiger partial charge in [-0.1, -0.05) is 43.1 Å². The molecule has 0 saturated carbocycles. The number of nitrogens with one attached hydrogen (secondary N) is 1. The maximum atomic E-state index is 6.21. The molecule has 2 rings (SSSR count).